The molecule has 3 aromatic rings. The summed E-state index contributed by atoms with van der Waals surface area (Å²) in [6.07, 6.45) is 4.11. The summed E-state index contributed by atoms with van der Waals surface area (Å²) in [7, 11) is 0. The SMILES string of the molecule is Cc1cc(/C=C(/C#N)C(=O)OCc2coc(-c3ccccc3)n2)c(C)n1CCC(C)C. The number of oxazole rings is 1. The Kier molecular flexibility index (Phi) is 7.09. The monoisotopic (exact) mass is 417 g/mol. The molecule has 6 heteroatoms. The zero-order valence-electron chi connectivity index (χ0n) is 18.4. The minimum Gasteiger partial charge on any atom is -0.455 e. The molecule has 0 atom stereocenters. The Hall–Kier alpha value is -3.59. The van der Waals surface area contributed by atoms with Crippen LogP contribution in [0.15, 0.2) is 52.7 Å². The van der Waals surface area contributed by atoms with E-state index in [2.05, 4.69) is 23.4 Å². The van der Waals surface area contributed by atoms with Gasteiger partial charge in [0.1, 0.15) is 30.2 Å². The highest BCUT2D eigenvalue weighted by atomic mass is 16.5. The Bertz CT molecular complexity index is 1110. The fourth-order valence-corrected chi connectivity index (χ4v) is 3.30. The van der Waals surface area contributed by atoms with Crippen molar-refractivity contribution in [3.05, 3.63) is 70.9 Å². The summed E-state index contributed by atoms with van der Waals surface area (Å²) < 4.78 is 13.0. The molecule has 3 rings (SSSR count). The van der Waals surface area contributed by atoms with Crippen LogP contribution >= 0.6 is 0 Å². The van der Waals surface area contributed by atoms with Gasteiger partial charge in [-0.2, -0.15) is 5.26 Å². The molecule has 0 amide bonds. The van der Waals surface area contributed by atoms with Crippen LogP contribution in [0.3, 0.4) is 0 Å². The van der Waals surface area contributed by atoms with Crippen LogP contribution < -0.4 is 0 Å². The van der Waals surface area contributed by atoms with E-state index in [0.717, 1.165) is 35.5 Å². The number of esters is 1. The summed E-state index contributed by atoms with van der Waals surface area (Å²) in [6, 6.07) is 13.4. The van der Waals surface area contributed by atoms with Gasteiger partial charge in [0.2, 0.25) is 5.89 Å². The normalized spacial score (nSPS) is 11.5. The number of ether oxygens (including phenoxy) is 1. The first-order valence-electron chi connectivity index (χ1n) is 10.3. The number of aromatic nitrogens is 2. The number of carbonyl (C=O) groups is 1. The molecule has 1 aromatic carbocycles. The third kappa shape index (κ3) is 5.52. The molecule has 0 unspecified atom stereocenters. The third-order valence-corrected chi connectivity index (χ3v) is 5.11. The number of nitriles is 1. The first kappa shape index (κ1) is 22.1. The molecule has 0 bridgehead atoms. The van der Waals surface area contributed by atoms with Crippen molar-refractivity contribution in [2.45, 2.75) is 47.3 Å². The van der Waals surface area contributed by atoms with E-state index in [9.17, 15) is 10.1 Å². The number of rotatable bonds is 8. The van der Waals surface area contributed by atoms with Crippen LogP contribution in [0.1, 0.15) is 42.9 Å². The lowest BCUT2D eigenvalue weighted by Gasteiger charge is -2.11. The fourth-order valence-electron chi connectivity index (χ4n) is 3.30. The molecule has 0 spiro atoms. The van der Waals surface area contributed by atoms with Gasteiger partial charge in [-0.1, -0.05) is 32.0 Å². The number of hydrogen-bond acceptors (Lipinski definition) is 5. The van der Waals surface area contributed by atoms with Crippen LogP contribution in [0.2, 0.25) is 0 Å². The first-order chi connectivity index (χ1) is 14.9. The second-order valence-corrected chi connectivity index (χ2v) is 7.92. The topological polar surface area (TPSA) is 81.1 Å². The average Bonchev–Trinajstić information content (AvgIpc) is 3.34. The van der Waals surface area contributed by atoms with Crippen LogP contribution in [-0.2, 0) is 22.7 Å². The van der Waals surface area contributed by atoms with E-state index in [0.29, 0.717) is 17.5 Å². The molecule has 2 heterocycles. The minimum absolute atomic E-state index is 0.0455. The van der Waals surface area contributed by atoms with E-state index in [1.807, 2.05) is 56.3 Å². The maximum Gasteiger partial charge on any atom is 0.349 e. The van der Waals surface area contributed by atoms with E-state index in [1.54, 1.807) is 6.08 Å². The van der Waals surface area contributed by atoms with Crippen molar-refractivity contribution in [3.63, 3.8) is 0 Å². The number of benzene rings is 1. The van der Waals surface area contributed by atoms with Gasteiger partial charge in [-0.3, -0.25) is 0 Å². The summed E-state index contributed by atoms with van der Waals surface area (Å²) >= 11 is 0. The molecule has 6 nitrogen and oxygen atoms in total. The molecule has 0 aliphatic carbocycles. The Labute approximate surface area is 182 Å². The third-order valence-electron chi connectivity index (χ3n) is 5.11. The molecule has 0 saturated carbocycles. The maximum atomic E-state index is 12.5. The number of aryl methyl sites for hydroxylation is 1. The standard InChI is InChI=1S/C25H27N3O3/c1-17(2)10-11-28-18(3)12-21(19(28)4)13-22(14-26)25(29)31-16-23-15-30-24(27-23)20-8-6-5-7-9-20/h5-9,12-13,15,17H,10-11,16H2,1-4H3/b22-13-. The van der Waals surface area contributed by atoms with Crippen molar-refractivity contribution in [2.24, 2.45) is 5.92 Å². The van der Waals surface area contributed by atoms with Gasteiger partial charge in [-0.25, -0.2) is 9.78 Å². The molecule has 0 aliphatic rings. The quantitative estimate of drug-likeness (QED) is 0.276. The highest BCUT2D eigenvalue weighted by Crippen LogP contribution is 2.21. The summed E-state index contributed by atoms with van der Waals surface area (Å²) in [6.45, 7) is 9.25. The lowest BCUT2D eigenvalue weighted by atomic mass is 10.1. The largest absolute Gasteiger partial charge is 0.455 e. The minimum atomic E-state index is -0.682. The fraction of sp³-hybridized carbons (Fsp3) is 0.320. The van der Waals surface area contributed by atoms with Gasteiger partial charge in [0.15, 0.2) is 0 Å². The lowest BCUT2D eigenvalue weighted by Crippen LogP contribution is -2.07. The molecular weight excluding hydrogens is 390 g/mol. The predicted octanol–water partition coefficient (Wildman–Crippen LogP) is 5.46. The van der Waals surface area contributed by atoms with Crippen molar-refractivity contribution in [1.29, 1.82) is 5.26 Å². The van der Waals surface area contributed by atoms with E-state index in [-0.39, 0.29) is 12.2 Å². The van der Waals surface area contributed by atoms with E-state index in [1.165, 1.54) is 6.26 Å². The molecule has 0 N–H and O–H groups in total. The predicted molar refractivity (Wildman–Crippen MR) is 119 cm³/mol. The molecule has 0 saturated heterocycles. The smallest absolute Gasteiger partial charge is 0.349 e. The summed E-state index contributed by atoms with van der Waals surface area (Å²) in [5, 5.41) is 9.49. The van der Waals surface area contributed by atoms with Gasteiger partial charge in [-0.05, 0) is 56.0 Å². The van der Waals surface area contributed by atoms with Crippen LogP contribution in [-0.4, -0.2) is 15.5 Å². The molecule has 2 aromatic heterocycles. The van der Waals surface area contributed by atoms with E-state index >= 15 is 0 Å². The van der Waals surface area contributed by atoms with Crippen molar-refractivity contribution >= 4 is 12.0 Å². The maximum absolute atomic E-state index is 12.5. The van der Waals surface area contributed by atoms with Crippen molar-refractivity contribution in [1.82, 2.24) is 9.55 Å². The molecule has 160 valence electrons. The van der Waals surface area contributed by atoms with Crippen LogP contribution in [0.4, 0.5) is 0 Å². The number of nitrogens with zero attached hydrogens (tertiary/aromatic N) is 3. The Morgan fingerprint density at radius 3 is 2.71 bits per heavy atom. The summed E-state index contributed by atoms with van der Waals surface area (Å²) in [5.74, 6) is 0.374. The summed E-state index contributed by atoms with van der Waals surface area (Å²) in [4.78, 5) is 16.8. The Morgan fingerprint density at radius 2 is 2.03 bits per heavy atom. The second kappa shape index (κ2) is 9.94. The highest BCUT2D eigenvalue weighted by molar-refractivity contribution is 5.98. The molecule has 31 heavy (non-hydrogen) atoms. The molecular formula is C25H27N3O3. The first-order valence-corrected chi connectivity index (χ1v) is 10.3. The second-order valence-electron chi connectivity index (χ2n) is 7.92. The highest BCUT2D eigenvalue weighted by Gasteiger charge is 2.15. The zero-order chi connectivity index (χ0) is 22.4. The van der Waals surface area contributed by atoms with Crippen LogP contribution in [0.5, 0.6) is 0 Å². The van der Waals surface area contributed by atoms with Gasteiger partial charge >= 0.3 is 5.97 Å². The molecule has 0 aliphatic heterocycles. The van der Waals surface area contributed by atoms with E-state index < -0.39 is 5.97 Å². The van der Waals surface area contributed by atoms with Crippen molar-refractivity contribution in [2.75, 3.05) is 0 Å². The summed E-state index contributed by atoms with van der Waals surface area (Å²) in [5.41, 5.74) is 4.26. The van der Waals surface area contributed by atoms with E-state index in [4.69, 9.17) is 9.15 Å². The van der Waals surface area contributed by atoms with Crippen LogP contribution in [0, 0.1) is 31.1 Å². The number of carbonyl (C=O) groups excluding carboxylic acids is 1. The van der Waals surface area contributed by atoms with Crippen LogP contribution in [0.25, 0.3) is 17.5 Å². The number of hydrogen-bond donors (Lipinski definition) is 0. The van der Waals surface area contributed by atoms with Gasteiger partial charge in [0.25, 0.3) is 0 Å². The van der Waals surface area contributed by atoms with Crippen molar-refractivity contribution < 1.29 is 13.9 Å². The van der Waals surface area contributed by atoms with Gasteiger partial charge in [0.05, 0.1) is 0 Å². The lowest BCUT2D eigenvalue weighted by molar-refractivity contribution is -0.139. The van der Waals surface area contributed by atoms with Gasteiger partial charge in [-0.15, -0.1) is 0 Å². The Balaban J connectivity index is 1.68. The van der Waals surface area contributed by atoms with Crippen molar-refractivity contribution in [3.8, 4) is 17.5 Å². The van der Waals surface area contributed by atoms with Gasteiger partial charge < -0.3 is 13.7 Å². The average molecular weight is 418 g/mol. The zero-order valence-corrected chi connectivity index (χ0v) is 18.4. The Morgan fingerprint density at radius 1 is 1.29 bits per heavy atom. The molecule has 0 fully saturated rings. The van der Waals surface area contributed by atoms with Gasteiger partial charge in [0, 0.05) is 23.5 Å². The molecule has 0 radical (unpaired) electrons.